The number of hydrogen-bond donors (Lipinski definition) is 2. The van der Waals surface area contributed by atoms with Crippen molar-refractivity contribution in [1.29, 1.82) is 0 Å². The molecule has 0 aliphatic carbocycles. The molecule has 4 aromatic rings. The van der Waals surface area contributed by atoms with Gasteiger partial charge in [-0.1, -0.05) is 30.3 Å². The number of piperidine rings is 1. The van der Waals surface area contributed by atoms with Crippen LogP contribution in [0.4, 0.5) is 21.0 Å². The van der Waals surface area contributed by atoms with E-state index >= 15 is 0 Å². The summed E-state index contributed by atoms with van der Waals surface area (Å²) in [6.07, 6.45) is -0.00817. The number of carbonyl (C=O) groups excluding carboxylic acids is 1. The van der Waals surface area contributed by atoms with Gasteiger partial charge in [0.1, 0.15) is 24.2 Å². The SMILES string of the molecule is CCn1c(=O)c(-c2cc(N)nn2C)cc2cnc(N[C@H]3C[C@H](F)CN(C(=O)OCc4ccccc4)C3)nc21. The van der Waals surface area contributed by atoms with Gasteiger partial charge in [-0.05, 0) is 18.6 Å². The summed E-state index contributed by atoms with van der Waals surface area (Å²) in [4.78, 5) is 36.2. The largest absolute Gasteiger partial charge is 0.445 e. The first-order chi connectivity index (χ1) is 18.3. The molecule has 1 aliphatic heterocycles. The van der Waals surface area contributed by atoms with Crippen LogP contribution in [0.5, 0.6) is 0 Å². The molecule has 1 aliphatic rings. The molecule has 1 saturated heterocycles. The van der Waals surface area contributed by atoms with Gasteiger partial charge in [-0.15, -0.1) is 0 Å². The first-order valence-electron chi connectivity index (χ1n) is 12.4. The van der Waals surface area contributed by atoms with E-state index in [1.807, 2.05) is 37.3 Å². The maximum atomic E-state index is 14.6. The van der Waals surface area contributed by atoms with Crippen LogP contribution in [0.25, 0.3) is 22.3 Å². The van der Waals surface area contributed by atoms with Gasteiger partial charge >= 0.3 is 6.09 Å². The fraction of sp³-hybridized carbons (Fsp3) is 0.346. The molecule has 2 atom stereocenters. The number of halogens is 1. The lowest BCUT2D eigenvalue weighted by Gasteiger charge is -2.34. The molecule has 3 aromatic heterocycles. The summed E-state index contributed by atoms with van der Waals surface area (Å²) in [7, 11) is 1.72. The molecule has 1 aromatic carbocycles. The van der Waals surface area contributed by atoms with Gasteiger partial charge in [-0.25, -0.2) is 14.2 Å². The topological polar surface area (TPSA) is 133 Å². The van der Waals surface area contributed by atoms with Crippen molar-refractivity contribution in [2.75, 3.05) is 24.1 Å². The first kappa shape index (κ1) is 25.2. The number of anilines is 2. The number of fused-ring (bicyclic) bond motifs is 1. The molecule has 5 rings (SSSR count). The highest BCUT2D eigenvalue weighted by molar-refractivity contribution is 5.81. The number of nitrogen functional groups attached to an aromatic ring is 1. The Labute approximate surface area is 218 Å². The number of pyridine rings is 1. The molecule has 1 fully saturated rings. The van der Waals surface area contributed by atoms with Crippen molar-refractivity contribution < 1.29 is 13.9 Å². The average molecular weight is 521 g/mol. The highest BCUT2D eigenvalue weighted by Crippen LogP contribution is 2.23. The van der Waals surface area contributed by atoms with E-state index in [4.69, 9.17) is 10.5 Å². The Bertz CT molecular complexity index is 1520. The van der Waals surface area contributed by atoms with E-state index in [1.54, 1.807) is 34.6 Å². The smallest absolute Gasteiger partial charge is 0.410 e. The number of hydrogen-bond acceptors (Lipinski definition) is 8. The fourth-order valence-corrected chi connectivity index (χ4v) is 4.73. The number of ether oxygens (including phenoxy) is 1. The number of nitrogens with zero attached hydrogens (tertiary/aromatic N) is 6. The number of rotatable bonds is 6. The minimum Gasteiger partial charge on any atom is -0.445 e. The molecule has 11 nitrogen and oxygen atoms in total. The molecule has 12 heteroatoms. The minimum absolute atomic E-state index is 0.0406. The van der Waals surface area contributed by atoms with Crippen molar-refractivity contribution in [2.45, 2.75) is 38.7 Å². The Morgan fingerprint density at radius 2 is 2.03 bits per heavy atom. The van der Waals surface area contributed by atoms with Crippen molar-refractivity contribution in [3.8, 4) is 11.3 Å². The van der Waals surface area contributed by atoms with E-state index in [1.165, 1.54) is 4.90 Å². The Balaban J connectivity index is 1.35. The van der Waals surface area contributed by atoms with Crippen LogP contribution in [0.15, 0.2) is 53.5 Å². The van der Waals surface area contributed by atoms with Crippen molar-refractivity contribution in [3.05, 3.63) is 64.6 Å². The third kappa shape index (κ3) is 5.15. The summed E-state index contributed by atoms with van der Waals surface area (Å²) in [6, 6.07) is 12.2. The van der Waals surface area contributed by atoms with Gasteiger partial charge < -0.3 is 20.7 Å². The van der Waals surface area contributed by atoms with Crippen LogP contribution in [0, 0.1) is 0 Å². The second kappa shape index (κ2) is 10.5. The van der Waals surface area contributed by atoms with E-state index in [2.05, 4.69) is 20.4 Å². The zero-order valence-corrected chi connectivity index (χ0v) is 21.2. The maximum absolute atomic E-state index is 14.6. The Morgan fingerprint density at radius 3 is 2.74 bits per heavy atom. The Morgan fingerprint density at radius 1 is 1.24 bits per heavy atom. The van der Waals surface area contributed by atoms with Gasteiger partial charge in [-0.2, -0.15) is 10.1 Å². The average Bonchev–Trinajstić information content (AvgIpc) is 3.24. The van der Waals surface area contributed by atoms with E-state index < -0.39 is 18.3 Å². The predicted octanol–water partition coefficient (Wildman–Crippen LogP) is 2.96. The molecule has 38 heavy (non-hydrogen) atoms. The molecule has 0 spiro atoms. The van der Waals surface area contributed by atoms with Crippen LogP contribution in [-0.2, 0) is 24.9 Å². The molecule has 3 N–H and O–H groups in total. The zero-order valence-electron chi connectivity index (χ0n) is 21.2. The van der Waals surface area contributed by atoms with Gasteiger partial charge in [0.15, 0.2) is 0 Å². The van der Waals surface area contributed by atoms with Gasteiger partial charge in [0.05, 0.1) is 17.8 Å². The molecule has 0 bridgehead atoms. The number of aryl methyl sites for hydroxylation is 2. The summed E-state index contributed by atoms with van der Waals surface area (Å²) >= 11 is 0. The normalized spacial score (nSPS) is 17.5. The monoisotopic (exact) mass is 520 g/mol. The number of benzene rings is 1. The lowest BCUT2D eigenvalue weighted by Crippen LogP contribution is -2.50. The maximum Gasteiger partial charge on any atom is 0.410 e. The van der Waals surface area contributed by atoms with Crippen molar-refractivity contribution >= 4 is 28.9 Å². The van der Waals surface area contributed by atoms with E-state index in [-0.39, 0.29) is 37.6 Å². The number of aromatic nitrogens is 5. The zero-order chi connectivity index (χ0) is 26.8. The number of amides is 1. The van der Waals surface area contributed by atoms with E-state index in [0.717, 1.165) is 5.56 Å². The quantitative estimate of drug-likeness (QED) is 0.397. The minimum atomic E-state index is -1.23. The standard InChI is InChI=1S/C26H29FN8O3/c1-3-35-23-17(9-20(24(35)36)21-11-22(28)32-33(21)2)12-29-25(31-23)30-19-10-18(27)13-34(14-19)26(37)38-15-16-7-5-4-6-8-16/h4-9,11-12,18-19H,3,10,13-15H2,1-2H3,(H2,28,32)(H,29,30,31)/t18-,19-/m0/s1. The molecule has 198 valence electrons. The van der Waals surface area contributed by atoms with Crippen LogP contribution < -0.4 is 16.6 Å². The number of nitrogens with two attached hydrogens (primary N) is 1. The van der Waals surface area contributed by atoms with Crippen LogP contribution in [-0.4, -0.2) is 60.6 Å². The van der Waals surface area contributed by atoms with Crippen molar-refractivity contribution in [1.82, 2.24) is 29.2 Å². The van der Waals surface area contributed by atoms with E-state index in [0.29, 0.717) is 34.7 Å². The summed E-state index contributed by atoms with van der Waals surface area (Å²) in [5.74, 6) is 0.561. The third-order valence-electron chi connectivity index (χ3n) is 6.51. The van der Waals surface area contributed by atoms with Crippen LogP contribution in [0.1, 0.15) is 18.9 Å². The summed E-state index contributed by atoms with van der Waals surface area (Å²) in [6.45, 7) is 2.54. The molecule has 0 radical (unpaired) electrons. The summed E-state index contributed by atoms with van der Waals surface area (Å²) in [5.41, 5.74) is 7.90. The van der Waals surface area contributed by atoms with Gasteiger partial charge in [0, 0.05) is 50.2 Å². The van der Waals surface area contributed by atoms with Crippen LogP contribution >= 0.6 is 0 Å². The summed E-state index contributed by atoms with van der Waals surface area (Å²) in [5, 5.41) is 7.92. The third-order valence-corrected chi connectivity index (χ3v) is 6.51. The van der Waals surface area contributed by atoms with Gasteiger partial charge in [0.2, 0.25) is 5.95 Å². The predicted molar refractivity (Wildman–Crippen MR) is 141 cm³/mol. The number of carbonyl (C=O) groups is 1. The molecule has 1 amide bonds. The number of alkyl halides is 1. The second-order valence-electron chi connectivity index (χ2n) is 9.28. The van der Waals surface area contributed by atoms with Gasteiger partial charge in [-0.3, -0.25) is 14.0 Å². The first-order valence-corrected chi connectivity index (χ1v) is 12.4. The van der Waals surface area contributed by atoms with Crippen molar-refractivity contribution in [3.63, 3.8) is 0 Å². The Hall–Kier alpha value is -4.48. The Kier molecular flexibility index (Phi) is 6.95. The lowest BCUT2D eigenvalue weighted by atomic mass is 10.0. The molecule has 0 saturated carbocycles. The van der Waals surface area contributed by atoms with Crippen LogP contribution in [0.2, 0.25) is 0 Å². The van der Waals surface area contributed by atoms with Crippen molar-refractivity contribution in [2.24, 2.45) is 7.05 Å². The second-order valence-corrected chi connectivity index (χ2v) is 9.28. The van der Waals surface area contributed by atoms with Crippen LogP contribution in [0.3, 0.4) is 0 Å². The highest BCUT2D eigenvalue weighted by atomic mass is 19.1. The highest BCUT2D eigenvalue weighted by Gasteiger charge is 2.31. The fourth-order valence-electron chi connectivity index (χ4n) is 4.73. The van der Waals surface area contributed by atoms with E-state index in [9.17, 15) is 14.0 Å². The molecular formula is C26H29FN8O3. The summed E-state index contributed by atoms with van der Waals surface area (Å²) < 4.78 is 23.1. The lowest BCUT2D eigenvalue weighted by molar-refractivity contribution is 0.0685. The number of nitrogens with one attached hydrogen (secondary N) is 1. The molecule has 0 unspecified atom stereocenters. The number of likely N-dealkylation sites (tertiary alicyclic amines) is 1. The molecular weight excluding hydrogens is 491 g/mol. The molecule has 4 heterocycles. The van der Waals surface area contributed by atoms with Gasteiger partial charge in [0.25, 0.3) is 5.56 Å².